The number of carboxylic acids is 1. The number of aliphatic carboxylic acids is 1. The van der Waals surface area contributed by atoms with E-state index in [2.05, 4.69) is 0 Å². The predicted molar refractivity (Wildman–Crippen MR) is 110 cm³/mol. The standard InChI is InChI=1S/C24H21NO6/c1-12-8-9-16-14(10-12)20(26)19-17(30-16)11-18(25(2)3)24(23(28)29)21(27)13-6-4-5-7-15(13)31-22(19)24/h4-11,18-19,22H,1-3H3,(H,28,29). The van der Waals surface area contributed by atoms with Crippen LogP contribution in [0.25, 0.3) is 0 Å². The summed E-state index contributed by atoms with van der Waals surface area (Å²) >= 11 is 0. The van der Waals surface area contributed by atoms with E-state index in [1.54, 1.807) is 61.5 Å². The Hall–Kier alpha value is -3.45. The van der Waals surface area contributed by atoms with Gasteiger partial charge in [-0.1, -0.05) is 23.8 Å². The number of likely N-dealkylation sites (N-methyl/N-ethyl adjacent to an activating group) is 1. The molecule has 0 aromatic heterocycles. The number of aryl methyl sites for hydroxylation is 1. The SMILES string of the molecule is Cc1ccc2c(c1)C(=O)C1C(=CC(N(C)C)C3(C(=O)O)C(=O)c4ccccc4OC13)O2. The third-order valence-corrected chi connectivity index (χ3v) is 6.43. The van der Waals surface area contributed by atoms with Crippen LogP contribution in [-0.2, 0) is 4.79 Å². The number of carbonyl (C=O) groups excluding carboxylic acids is 2. The van der Waals surface area contributed by atoms with Crippen LogP contribution in [0.15, 0.2) is 54.3 Å². The maximum Gasteiger partial charge on any atom is 0.323 e. The predicted octanol–water partition coefficient (Wildman–Crippen LogP) is 2.73. The quantitative estimate of drug-likeness (QED) is 0.748. The van der Waals surface area contributed by atoms with Crippen LogP contribution in [0.1, 0.15) is 26.3 Å². The summed E-state index contributed by atoms with van der Waals surface area (Å²) in [5, 5.41) is 10.4. The zero-order valence-corrected chi connectivity index (χ0v) is 17.3. The summed E-state index contributed by atoms with van der Waals surface area (Å²) in [6.45, 7) is 1.86. The molecule has 2 aliphatic heterocycles. The number of ketones is 2. The van der Waals surface area contributed by atoms with Gasteiger partial charge in [-0.2, -0.15) is 0 Å². The van der Waals surface area contributed by atoms with Gasteiger partial charge in [0.25, 0.3) is 0 Å². The van der Waals surface area contributed by atoms with Gasteiger partial charge in [0.2, 0.25) is 0 Å². The minimum Gasteiger partial charge on any atom is -0.487 e. The van der Waals surface area contributed by atoms with E-state index in [-0.39, 0.29) is 17.1 Å². The number of para-hydroxylation sites is 1. The molecule has 7 heteroatoms. The number of ether oxygens (including phenoxy) is 2. The normalized spacial score (nSPS) is 28.4. The van der Waals surface area contributed by atoms with Gasteiger partial charge in [-0.3, -0.25) is 14.4 Å². The molecule has 1 N–H and O–H groups in total. The largest absolute Gasteiger partial charge is 0.487 e. The molecule has 0 fully saturated rings. The van der Waals surface area contributed by atoms with Crippen molar-refractivity contribution < 1.29 is 29.0 Å². The molecule has 7 nitrogen and oxygen atoms in total. The first-order chi connectivity index (χ1) is 14.8. The molecule has 0 saturated heterocycles. The Morgan fingerprint density at radius 3 is 2.52 bits per heavy atom. The summed E-state index contributed by atoms with van der Waals surface area (Å²) < 4.78 is 12.2. The van der Waals surface area contributed by atoms with Gasteiger partial charge in [-0.25, -0.2) is 0 Å². The zero-order valence-electron chi connectivity index (χ0n) is 17.3. The van der Waals surface area contributed by atoms with Crippen molar-refractivity contribution in [1.82, 2.24) is 4.90 Å². The lowest BCUT2D eigenvalue weighted by atomic mass is 9.60. The topological polar surface area (TPSA) is 93.1 Å². The summed E-state index contributed by atoms with van der Waals surface area (Å²) in [6, 6.07) is 11.0. The number of benzene rings is 2. The molecular weight excluding hydrogens is 398 g/mol. The first-order valence-electron chi connectivity index (χ1n) is 10.0. The van der Waals surface area contributed by atoms with Crippen molar-refractivity contribution in [1.29, 1.82) is 0 Å². The van der Waals surface area contributed by atoms with E-state index < -0.39 is 35.2 Å². The molecule has 2 aromatic carbocycles. The maximum atomic E-state index is 13.7. The fourth-order valence-electron chi connectivity index (χ4n) is 5.00. The molecule has 0 radical (unpaired) electrons. The van der Waals surface area contributed by atoms with Crippen LogP contribution in [0, 0.1) is 18.3 Å². The molecule has 158 valence electrons. The molecular formula is C24H21NO6. The first kappa shape index (κ1) is 19.5. The third kappa shape index (κ3) is 2.47. The average Bonchev–Trinajstić information content (AvgIpc) is 2.73. The van der Waals surface area contributed by atoms with Crippen molar-refractivity contribution in [3.05, 3.63) is 71.0 Å². The number of Topliss-reactive ketones (excluding diaryl/α,β-unsaturated/α-hetero) is 2. The lowest BCUT2D eigenvalue weighted by Crippen LogP contribution is -2.69. The summed E-state index contributed by atoms with van der Waals surface area (Å²) in [7, 11) is 3.39. The van der Waals surface area contributed by atoms with Gasteiger partial charge in [0.1, 0.15) is 29.3 Å². The van der Waals surface area contributed by atoms with E-state index in [0.717, 1.165) is 5.56 Å². The molecule has 1 aliphatic carbocycles. The van der Waals surface area contributed by atoms with Gasteiger partial charge in [0.05, 0.1) is 17.2 Å². The molecule has 4 unspecified atom stereocenters. The number of carbonyl (C=O) groups is 3. The van der Waals surface area contributed by atoms with Crippen LogP contribution in [0.2, 0.25) is 0 Å². The van der Waals surface area contributed by atoms with Gasteiger partial charge < -0.3 is 19.5 Å². The highest BCUT2D eigenvalue weighted by molar-refractivity contribution is 6.17. The van der Waals surface area contributed by atoms with Gasteiger partial charge in [-0.05, 0) is 51.4 Å². The molecule has 4 atom stereocenters. The second kappa shape index (κ2) is 6.52. The van der Waals surface area contributed by atoms with Crippen LogP contribution in [0.3, 0.4) is 0 Å². The van der Waals surface area contributed by atoms with Crippen molar-refractivity contribution in [2.45, 2.75) is 19.1 Å². The smallest absolute Gasteiger partial charge is 0.323 e. The maximum absolute atomic E-state index is 13.7. The monoisotopic (exact) mass is 419 g/mol. The fraction of sp³-hybridized carbons (Fsp3) is 0.292. The number of nitrogens with zero attached hydrogens (tertiary/aromatic N) is 1. The minimum absolute atomic E-state index is 0.199. The van der Waals surface area contributed by atoms with E-state index in [1.807, 2.05) is 13.0 Å². The minimum atomic E-state index is -1.99. The highest BCUT2D eigenvalue weighted by atomic mass is 16.5. The zero-order chi connectivity index (χ0) is 22.1. The van der Waals surface area contributed by atoms with Gasteiger partial charge >= 0.3 is 5.97 Å². The highest BCUT2D eigenvalue weighted by Gasteiger charge is 2.68. The highest BCUT2D eigenvalue weighted by Crippen LogP contribution is 2.52. The number of fused-ring (bicyclic) bond motifs is 5. The molecule has 0 spiro atoms. The van der Waals surface area contributed by atoms with Crippen molar-refractivity contribution in [3.63, 3.8) is 0 Å². The van der Waals surface area contributed by atoms with E-state index in [4.69, 9.17) is 9.47 Å². The van der Waals surface area contributed by atoms with E-state index in [1.165, 1.54) is 0 Å². The lowest BCUT2D eigenvalue weighted by Gasteiger charge is -2.51. The van der Waals surface area contributed by atoms with Crippen molar-refractivity contribution in [2.75, 3.05) is 14.1 Å². The van der Waals surface area contributed by atoms with Crippen LogP contribution in [0.5, 0.6) is 11.5 Å². The number of rotatable bonds is 2. The van der Waals surface area contributed by atoms with Crippen LogP contribution in [0.4, 0.5) is 0 Å². The van der Waals surface area contributed by atoms with Gasteiger partial charge in [0.15, 0.2) is 17.0 Å². The Bertz CT molecular complexity index is 1180. The van der Waals surface area contributed by atoms with Crippen LogP contribution < -0.4 is 9.47 Å². The number of carboxylic acid groups (broad SMARTS) is 1. The number of hydrogen-bond acceptors (Lipinski definition) is 6. The van der Waals surface area contributed by atoms with Crippen LogP contribution in [-0.4, -0.2) is 53.8 Å². The van der Waals surface area contributed by atoms with Crippen molar-refractivity contribution in [2.24, 2.45) is 11.3 Å². The summed E-state index contributed by atoms with van der Waals surface area (Å²) in [5.74, 6) is -2.24. The molecule has 3 aliphatic rings. The van der Waals surface area contributed by atoms with E-state index in [0.29, 0.717) is 17.1 Å². The Balaban J connectivity index is 1.79. The Kier molecular flexibility index (Phi) is 4.10. The molecule has 0 amide bonds. The summed E-state index contributed by atoms with van der Waals surface area (Å²) in [6.07, 6.45) is 0.339. The Morgan fingerprint density at radius 1 is 1.06 bits per heavy atom. The van der Waals surface area contributed by atoms with E-state index in [9.17, 15) is 19.5 Å². The third-order valence-electron chi connectivity index (χ3n) is 6.43. The molecule has 31 heavy (non-hydrogen) atoms. The molecule has 5 rings (SSSR count). The van der Waals surface area contributed by atoms with Crippen molar-refractivity contribution >= 4 is 17.5 Å². The summed E-state index contributed by atoms with van der Waals surface area (Å²) in [5.41, 5.74) is -0.558. The van der Waals surface area contributed by atoms with Crippen molar-refractivity contribution in [3.8, 4) is 11.5 Å². The van der Waals surface area contributed by atoms with Crippen LogP contribution >= 0.6 is 0 Å². The first-order valence-corrected chi connectivity index (χ1v) is 10.0. The average molecular weight is 419 g/mol. The Morgan fingerprint density at radius 2 is 1.81 bits per heavy atom. The molecule has 0 bridgehead atoms. The van der Waals surface area contributed by atoms with Gasteiger partial charge in [-0.15, -0.1) is 0 Å². The van der Waals surface area contributed by atoms with Gasteiger partial charge in [0, 0.05) is 0 Å². The second-order valence-corrected chi connectivity index (χ2v) is 8.46. The molecule has 0 saturated carbocycles. The molecule has 2 heterocycles. The Labute approximate surface area is 178 Å². The van der Waals surface area contributed by atoms with E-state index >= 15 is 0 Å². The second-order valence-electron chi connectivity index (χ2n) is 8.46. The number of hydrogen-bond donors (Lipinski definition) is 1. The molecule has 2 aromatic rings. The lowest BCUT2D eigenvalue weighted by molar-refractivity contribution is -0.157. The fourth-order valence-corrected chi connectivity index (χ4v) is 5.00. The summed E-state index contributed by atoms with van der Waals surface area (Å²) in [4.78, 5) is 41.8.